The van der Waals surface area contributed by atoms with Crippen LogP contribution in [-0.2, 0) is 16.1 Å². The third kappa shape index (κ3) is 4.22. The molecule has 0 amide bonds. The number of aliphatic carboxylic acids is 1. The fraction of sp³-hybridized carbons (Fsp3) is 0.263. The van der Waals surface area contributed by atoms with Crippen molar-refractivity contribution in [2.24, 2.45) is 0 Å². The van der Waals surface area contributed by atoms with E-state index in [1.165, 1.54) is 4.68 Å². The molecule has 2 aromatic carbocycles. The first-order valence-electron chi connectivity index (χ1n) is 8.29. The summed E-state index contributed by atoms with van der Waals surface area (Å²) in [6, 6.07) is 7.82. The number of hydrogen-bond acceptors (Lipinski definition) is 4. The Morgan fingerprint density at radius 3 is 2.63 bits per heavy atom. The largest absolute Gasteiger partial charge is 0.488 e. The third-order valence-electron chi connectivity index (χ3n) is 3.95. The zero-order chi connectivity index (χ0) is 19.4. The predicted molar refractivity (Wildman–Crippen MR) is 94.1 cm³/mol. The first-order valence-corrected chi connectivity index (χ1v) is 8.29. The van der Waals surface area contributed by atoms with Crippen LogP contribution < -0.4 is 4.74 Å². The SMILES string of the molecule is COCc1ccc2c(cnn2-c2cc(F)c(OCCCC(=O)O)c(F)c2)c1. The van der Waals surface area contributed by atoms with Gasteiger partial charge in [0.25, 0.3) is 0 Å². The van der Waals surface area contributed by atoms with E-state index in [-0.39, 0.29) is 25.1 Å². The Balaban J connectivity index is 1.85. The van der Waals surface area contributed by atoms with Crippen LogP contribution >= 0.6 is 0 Å². The molecule has 0 fully saturated rings. The molecule has 0 bridgehead atoms. The van der Waals surface area contributed by atoms with E-state index in [1.807, 2.05) is 18.2 Å². The Morgan fingerprint density at radius 1 is 1.22 bits per heavy atom. The van der Waals surface area contributed by atoms with Crippen LogP contribution in [0.2, 0.25) is 0 Å². The molecular formula is C19H18F2N2O4. The van der Waals surface area contributed by atoms with Crippen molar-refractivity contribution in [3.8, 4) is 11.4 Å². The normalized spacial score (nSPS) is 11.1. The van der Waals surface area contributed by atoms with Gasteiger partial charge in [-0.1, -0.05) is 6.07 Å². The molecule has 1 aromatic heterocycles. The second kappa shape index (κ2) is 8.13. The number of ether oxygens (including phenoxy) is 2. The first kappa shape index (κ1) is 18.8. The summed E-state index contributed by atoms with van der Waals surface area (Å²) in [6.45, 7) is 0.366. The molecule has 0 aliphatic heterocycles. The van der Waals surface area contributed by atoms with Crippen LogP contribution in [0, 0.1) is 11.6 Å². The number of benzene rings is 2. The number of rotatable bonds is 8. The van der Waals surface area contributed by atoms with Gasteiger partial charge >= 0.3 is 5.97 Å². The van der Waals surface area contributed by atoms with Gasteiger partial charge in [-0.15, -0.1) is 0 Å². The van der Waals surface area contributed by atoms with Gasteiger partial charge in [-0.2, -0.15) is 5.10 Å². The molecule has 0 spiro atoms. The zero-order valence-electron chi connectivity index (χ0n) is 14.6. The van der Waals surface area contributed by atoms with E-state index in [1.54, 1.807) is 13.3 Å². The van der Waals surface area contributed by atoms with Crippen molar-refractivity contribution < 1.29 is 28.2 Å². The summed E-state index contributed by atoms with van der Waals surface area (Å²) in [5.74, 6) is -3.27. The molecule has 6 nitrogen and oxygen atoms in total. The summed E-state index contributed by atoms with van der Waals surface area (Å²) in [7, 11) is 1.60. The lowest BCUT2D eigenvalue weighted by molar-refractivity contribution is -0.137. The van der Waals surface area contributed by atoms with Crippen LogP contribution in [0.15, 0.2) is 36.5 Å². The summed E-state index contributed by atoms with van der Waals surface area (Å²) >= 11 is 0. The average molecular weight is 376 g/mol. The maximum Gasteiger partial charge on any atom is 0.303 e. The minimum atomic E-state index is -0.992. The Labute approximate surface area is 153 Å². The molecule has 3 aromatic rings. The van der Waals surface area contributed by atoms with E-state index >= 15 is 0 Å². The highest BCUT2D eigenvalue weighted by Crippen LogP contribution is 2.27. The molecule has 1 N–H and O–H groups in total. The van der Waals surface area contributed by atoms with Gasteiger partial charge in [0.05, 0.1) is 30.6 Å². The number of methoxy groups -OCH3 is 1. The van der Waals surface area contributed by atoms with Crippen LogP contribution in [-0.4, -0.2) is 34.6 Å². The summed E-state index contributed by atoms with van der Waals surface area (Å²) in [4.78, 5) is 10.5. The van der Waals surface area contributed by atoms with Crippen LogP contribution in [0.4, 0.5) is 8.78 Å². The number of nitrogens with zero attached hydrogens (tertiary/aromatic N) is 2. The molecule has 0 unspecified atom stereocenters. The van der Waals surface area contributed by atoms with Gasteiger partial charge < -0.3 is 14.6 Å². The van der Waals surface area contributed by atoms with Gasteiger partial charge in [-0.3, -0.25) is 4.79 Å². The number of carboxylic acid groups (broad SMARTS) is 1. The fourth-order valence-electron chi connectivity index (χ4n) is 2.75. The standard InChI is InChI=1S/C19H18F2N2O4/c1-26-11-12-4-5-17-13(7-12)10-22-23(17)14-8-15(20)19(16(21)9-14)27-6-2-3-18(24)25/h4-5,7-10H,2-3,6,11H2,1H3,(H,24,25). The highest BCUT2D eigenvalue weighted by Gasteiger charge is 2.15. The quantitative estimate of drug-likeness (QED) is 0.607. The van der Waals surface area contributed by atoms with Gasteiger partial charge in [0.15, 0.2) is 17.4 Å². The molecule has 8 heteroatoms. The van der Waals surface area contributed by atoms with E-state index < -0.39 is 23.4 Å². The Morgan fingerprint density at radius 2 is 1.96 bits per heavy atom. The zero-order valence-corrected chi connectivity index (χ0v) is 14.6. The van der Waals surface area contributed by atoms with Gasteiger partial charge in [0.2, 0.25) is 0 Å². The summed E-state index contributed by atoms with van der Waals surface area (Å²) in [6.07, 6.45) is 1.63. The number of hydrogen-bond donors (Lipinski definition) is 1. The van der Waals surface area contributed by atoms with E-state index in [4.69, 9.17) is 14.6 Å². The minimum Gasteiger partial charge on any atom is -0.488 e. The van der Waals surface area contributed by atoms with E-state index in [9.17, 15) is 13.6 Å². The lowest BCUT2D eigenvalue weighted by Gasteiger charge is -2.10. The monoisotopic (exact) mass is 376 g/mol. The number of carbonyl (C=O) groups is 1. The highest BCUT2D eigenvalue weighted by atomic mass is 19.1. The second-order valence-corrected chi connectivity index (χ2v) is 5.97. The van der Waals surface area contributed by atoms with Crippen LogP contribution in [0.5, 0.6) is 5.75 Å². The summed E-state index contributed by atoms with van der Waals surface area (Å²) in [5, 5.41) is 13.6. The van der Waals surface area contributed by atoms with Crippen LogP contribution in [0.3, 0.4) is 0 Å². The molecule has 3 rings (SSSR count). The van der Waals surface area contributed by atoms with Gasteiger partial charge in [0.1, 0.15) is 0 Å². The second-order valence-electron chi connectivity index (χ2n) is 5.97. The van der Waals surface area contributed by atoms with Crippen molar-refractivity contribution in [3.63, 3.8) is 0 Å². The molecule has 0 aliphatic carbocycles. The molecule has 0 aliphatic rings. The Hall–Kier alpha value is -3.00. The first-order chi connectivity index (χ1) is 13.0. The van der Waals surface area contributed by atoms with Crippen molar-refractivity contribution in [2.75, 3.05) is 13.7 Å². The average Bonchev–Trinajstić information content (AvgIpc) is 3.03. The van der Waals surface area contributed by atoms with Gasteiger partial charge in [-0.25, -0.2) is 13.5 Å². The lowest BCUT2D eigenvalue weighted by Crippen LogP contribution is -2.06. The minimum absolute atomic E-state index is 0.0908. The molecule has 0 saturated carbocycles. The van der Waals surface area contributed by atoms with Gasteiger partial charge in [0, 0.05) is 31.0 Å². The molecule has 1 heterocycles. The Bertz CT molecular complexity index is 948. The smallest absolute Gasteiger partial charge is 0.303 e. The molecule has 0 atom stereocenters. The number of halogens is 2. The van der Waals surface area contributed by atoms with Crippen molar-refractivity contribution >= 4 is 16.9 Å². The van der Waals surface area contributed by atoms with Gasteiger partial charge in [-0.05, 0) is 24.1 Å². The molecular weight excluding hydrogens is 358 g/mol. The van der Waals surface area contributed by atoms with Crippen molar-refractivity contribution in [1.82, 2.24) is 9.78 Å². The van der Waals surface area contributed by atoms with Crippen molar-refractivity contribution in [3.05, 3.63) is 53.7 Å². The maximum absolute atomic E-state index is 14.3. The van der Waals surface area contributed by atoms with E-state index in [0.717, 1.165) is 23.1 Å². The topological polar surface area (TPSA) is 73.6 Å². The van der Waals surface area contributed by atoms with Crippen LogP contribution in [0.25, 0.3) is 16.6 Å². The predicted octanol–water partition coefficient (Wildman–Crippen LogP) is 3.69. The maximum atomic E-state index is 14.3. The molecule has 27 heavy (non-hydrogen) atoms. The van der Waals surface area contributed by atoms with Crippen molar-refractivity contribution in [1.29, 1.82) is 0 Å². The van der Waals surface area contributed by atoms with Crippen LogP contribution in [0.1, 0.15) is 18.4 Å². The molecule has 0 saturated heterocycles. The number of fused-ring (bicyclic) bond motifs is 1. The number of carboxylic acids is 1. The number of aromatic nitrogens is 2. The van der Waals surface area contributed by atoms with E-state index in [2.05, 4.69) is 5.10 Å². The lowest BCUT2D eigenvalue weighted by atomic mass is 10.1. The van der Waals surface area contributed by atoms with E-state index in [0.29, 0.717) is 12.1 Å². The summed E-state index contributed by atoms with van der Waals surface area (Å²) in [5.41, 5.74) is 1.88. The fourth-order valence-corrected chi connectivity index (χ4v) is 2.75. The van der Waals surface area contributed by atoms with Crippen molar-refractivity contribution in [2.45, 2.75) is 19.4 Å². The molecule has 0 radical (unpaired) electrons. The summed E-state index contributed by atoms with van der Waals surface area (Å²) < 4.78 is 40.2. The Kier molecular flexibility index (Phi) is 5.66. The molecule has 142 valence electrons. The third-order valence-corrected chi connectivity index (χ3v) is 3.95. The highest BCUT2D eigenvalue weighted by molar-refractivity contribution is 5.81.